The molecule has 6 nitrogen and oxygen atoms in total. The van der Waals surface area contributed by atoms with E-state index >= 15 is 0 Å². The van der Waals surface area contributed by atoms with E-state index in [1.807, 2.05) is 5.32 Å². The van der Waals surface area contributed by atoms with Gasteiger partial charge in [-0.3, -0.25) is 4.98 Å². The maximum atomic E-state index is 14.0. The molecule has 28 heavy (non-hydrogen) atoms. The SMILES string of the molecule is Nc1cncc(Cc2ccc3c(c2)NC(=O)N[C@]3(C#CC2CC2)C(F)(F)F)n1. The Balaban J connectivity index is 1.76. The lowest BCUT2D eigenvalue weighted by Gasteiger charge is -2.37. The summed E-state index contributed by atoms with van der Waals surface area (Å²) in [4.78, 5) is 20.1. The van der Waals surface area contributed by atoms with E-state index in [9.17, 15) is 18.0 Å². The molecule has 2 heterocycles. The second-order valence-corrected chi connectivity index (χ2v) is 6.86. The summed E-state index contributed by atoms with van der Waals surface area (Å²) in [7, 11) is 0. The summed E-state index contributed by atoms with van der Waals surface area (Å²) in [6, 6.07) is 3.45. The molecule has 2 aromatic rings. The topological polar surface area (TPSA) is 92.9 Å². The summed E-state index contributed by atoms with van der Waals surface area (Å²) in [6.07, 6.45) is 0.0134. The van der Waals surface area contributed by atoms with Crippen LogP contribution in [0.25, 0.3) is 0 Å². The number of hydrogen-bond donors (Lipinski definition) is 3. The number of aromatic nitrogens is 2. The molecule has 4 rings (SSSR count). The van der Waals surface area contributed by atoms with E-state index < -0.39 is 17.7 Å². The number of nitrogen functional groups attached to an aromatic ring is 1. The average Bonchev–Trinajstić information content (AvgIpc) is 3.42. The van der Waals surface area contributed by atoms with Crippen molar-refractivity contribution < 1.29 is 18.0 Å². The van der Waals surface area contributed by atoms with Crippen LogP contribution in [0, 0.1) is 17.8 Å². The molecule has 0 unspecified atom stereocenters. The van der Waals surface area contributed by atoms with E-state index in [2.05, 4.69) is 27.1 Å². The number of hydrogen-bond acceptors (Lipinski definition) is 4. The number of fused-ring (bicyclic) bond motifs is 1. The van der Waals surface area contributed by atoms with Crippen molar-refractivity contribution in [2.75, 3.05) is 11.1 Å². The fourth-order valence-corrected chi connectivity index (χ4v) is 3.07. The van der Waals surface area contributed by atoms with Gasteiger partial charge in [0.25, 0.3) is 0 Å². The van der Waals surface area contributed by atoms with Crippen molar-refractivity contribution in [2.45, 2.75) is 31.0 Å². The zero-order valence-corrected chi connectivity index (χ0v) is 14.6. The molecule has 1 aromatic carbocycles. The molecule has 9 heteroatoms. The van der Waals surface area contributed by atoms with Crippen LogP contribution in [0.3, 0.4) is 0 Å². The zero-order valence-electron chi connectivity index (χ0n) is 14.6. The minimum Gasteiger partial charge on any atom is -0.382 e. The molecule has 2 amide bonds. The van der Waals surface area contributed by atoms with Gasteiger partial charge in [0.15, 0.2) is 0 Å². The summed E-state index contributed by atoms with van der Waals surface area (Å²) in [5.41, 5.74) is 4.04. The molecule has 2 aliphatic rings. The number of anilines is 2. The van der Waals surface area contributed by atoms with Crippen molar-refractivity contribution in [1.82, 2.24) is 15.3 Å². The monoisotopic (exact) mass is 387 g/mol. The zero-order chi connectivity index (χ0) is 19.9. The third-order valence-electron chi connectivity index (χ3n) is 4.59. The average molecular weight is 387 g/mol. The van der Waals surface area contributed by atoms with Crippen molar-refractivity contribution in [1.29, 1.82) is 0 Å². The number of amides is 2. The van der Waals surface area contributed by atoms with Crippen molar-refractivity contribution >= 4 is 17.5 Å². The first-order valence-electron chi connectivity index (χ1n) is 8.65. The molecular formula is C19H16F3N5O. The van der Waals surface area contributed by atoms with Crippen molar-refractivity contribution in [2.24, 2.45) is 5.92 Å². The summed E-state index contributed by atoms with van der Waals surface area (Å²) in [5, 5.41) is 4.45. The second-order valence-electron chi connectivity index (χ2n) is 6.86. The first-order chi connectivity index (χ1) is 13.3. The summed E-state index contributed by atoms with van der Waals surface area (Å²) < 4.78 is 42.1. The molecule has 1 saturated carbocycles. The Kier molecular flexibility index (Phi) is 4.14. The van der Waals surface area contributed by atoms with Crippen molar-refractivity contribution in [3.63, 3.8) is 0 Å². The Labute approximate surface area is 158 Å². The quantitative estimate of drug-likeness (QED) is 0.691. The predicted octanol–water partition coefficient (Wildman–Crippen LogP) is 2.96. The number of nitrogens with one attached hydrogen (secondary N) is 2. The fraction of sp³-hybridized carbons (Fsp3) is 0.316. The van der Waals surface area contributed by atoms with Gasteiger partial charge in [-0.15, -0.1) is 0 Å². The van der Waals surface area contributed by atoms with Crippen LogP contribution in [0.1, 0.15) is 29.7 Å². The molecule has 1 aliphatic heterocycles. The number of halogens is 3. The molecule has 1 aromatic heterocycles. The van der Waals surface area contributed by atoms with E-state index in [0.29, 0.717) is 17.7 Å². The molecule has 0 spiro atoms. The highest BCUT2D eigenvalue weighted by atomic mass is 19.4. The molecular weight excluding hydrogens is 371 g/mol. The number of nitrogens with two attached hydrogens (primary N) is 1. The number of urea groups is 1. The highest BCUT2D eigenvalue weighted by molar-refractivity contribution is 5.95. The van der Waals surface area contributed by atoms with E-state index in [1.54, 1.807) is 6.07 Å². The van der Waals surface area contributed by atoms with Gasteiger partial charge in [-0.2, -0.15) is 13.2 Å². The number of nitrogens with zero attached hydrogens (tertiary/aromatic N) is 2. The van der Waals surface area contributed by atoms with Gasteiger partial charge in [-0.1, -0.05) is 24.0 Å². The van der Waals surface area contributed by atoms with E-state index in [0.717, 1.165) is 12.8 Å². The normalized spacial score (nSPS) is 21.0. The molecule has 0 bridgehead atoms. The van der Waals surface area contributed by atoms with Gasteiger partial charge in [-0.25, -0.2) is 9.78 Å². The molecule has 4 N–H and O–H groups in total. The van der Waals surface area contributed by atoms with E-state index in [-0.39, 0.29) is 23.0 Å². The summed E-state index contributed by atoms with van der Waals surface area (Å²) in [5.74, 6) is 5.17. The van der Waals surface area contributed by atoms with Gasteiger partial charge in [0.1, 0.15) is 5.82 Å². The maximum absolute atomic E-state index is 14.0. The smallest absolute Gasteiger partial charge is 0.382 e. The van der Waals surface area contributed by atoms with Crippen LogP contribution in [0.5, 0.6) is 0 Å². The van der Waals surface area contributed by atoms with Crippen LogP contribution >= 0.6 is 0 Å². The van der Waals surface area contributed by atoms with Crippen LogP contribution in [0.15, 0.2) is 30.6 Å². The number of alkyl halides is 3. The Bertz CT molecular complexity index is 1010. The van der Waals surface area contributed by atoms with Gasteiger partial charge in [0.2, 0.25) is 5.54 Å². The van der Waals surface area contributed by atoms with Crippen LogP contribution in [0.2, 0.25) is 0 Å². The Morgan fingerprint density at radius 2 is 2.07 bits per heavy atom. The van der Waals surface area contributed by atoms with Gasteiger partial charge >= 0.3 is 12.2 Å². The largest absolute Gasteiger partial charge is 0.427 e. The van der Waals surface area contributed by atoms with Gasteiger partial charge in [0, 0.05) is 29.8 Å². The lowest BCUT2D eigenvalue weighted by molar-refractivity contribution is -0.178. The van der Waals surface area contributed by atoms with E-state index in [1.165, 1.54) is 24.5 Å². The standard InChI is InChI=1S/C19H16F3N5O/c20-19(21,22)18(6-5-11-1-2-11)14-4-3-12(8-15(14)26-17(28)27-18)7-13-9-24-10-16(23)25-13/h3-4,8-11H,1-2,7H2,(H2,23,25)(H2,26,27,28)/t18-/m0/s1. The number of carbonyl (C=O) groups excluding carboxylic acids is 1. The fourth-order valence-electron chi connectivity index (χ4n) is 3.07. The summed E-state index contributed by atoms with van der Waals surface area (Å²) in [6.45, 7) is 0. The highest BCUT2D eigenvalue weighted by Crippen LogP contribution is 2.44. The number of benzene rings is 1. The second kappa shape index (κ2) is 6.41. The Morgan fingerprint density at radius 3 is 2.75 bits per heavy atom. The first kappa shape index (κ1) is 18.1. The molecule has 144 valence electrons. The minimum atomic E-state index is -4.78. The summed E-state index contributed by atoms with van der Waals surface area (Å²) >= 11 is 0. The van der Waals surface area contributed by atoms with Gasteiger partial charge in [0.05, 0.1) is 11.9 Å². The van der Waals surface area contributed by atoms with Crippen molar-refractivity contribution in [3.8, 4) is 11.8 Å². The first-order valence-corrected chi connectivity index (χ1v) is 8.65. The van der Waals surface area contributed by atoms with Crippen molar-refractivity contribution in [3.05, 3.63) is 47.4 Å². The molecule has 1 fully saturated rings. The van der Waals surface area contributed by atoms with Gasteiger partial charge < -0.3 is 16.4 Å². The molecule has 0 radical (unpaired) electrons. The lowest BCUT2D eigenvalue weighted by atomic mass is 9.85. The third-order valence-corrected chi connectivity index (χ3v) is 4.59. The predicted molar refractivity (Wildman–Crippen MR) is 96.1 cm³/mol. The van der Waals surface area contributed by atoms with Crippen LogP contribution in [-0.2, 0) is 12.0 Å². The Hall–Kier alpha value is -3.28. The van der Waals surface area contributed by atoms with Gasteiger partial charge in [-0.05, 0) is 24.5 Å². The third kappa shape index (κ3) is 3.33. The maximum Gasteiger partial charge on any atom is 0.427 e. The number of carbonyl (C=O) groups is 1. The number of rotatable bonds is 2. The molecule has 1 aliphatic carbocycles. The van der Waals surface area contributed by atoms with Crippen LogP contribution in [0.4, 0.5) is 29.5 Å². The highest BCUT2D eigenvalue weighted by Gasteiger charge is 2.59. The van der Waals surface area contributed by atoms with Crippen LogP contribution in [-0.4, -0.2) is 22.2 Å². The molecule has 1 atom stereocenters. The van der Waals surface area contributed by atoms with E-state index in [4.69, 9.17) is 5.73 Å². The Morgan fingerprint density at radius 1 is 1.29 bits per heavy atom. The molecule has 0 saturated heterocycles. The lowest BCUT2D eigenvalue weighted by Crippen LogP contribution is -2.59. The van der Waals surface area contributed by atoms with Crippen LogP contribution < -0.4 is 16.4 Å². The minimum absolute atomic E-state index is 0.0455.